The lowest BCUT2D eigenvalue weighted by Gasteiger charge is -2.19. The molecule has 2 aromatic carbocycles. The number of ether oxygens (including phenoxy) is 1. The first kappa shape index (κ1) is 18.7. The fourth-order valence-corrected chi connectivity index (χ4v) is 2.31. The number of benzene rings is 2. The lowest BCUT2D eigenvalue weighted by Crippen LogP contribution is -2.37. The van der Waals surface area contributed by atoms with Gasteiger partial charge in [0.2, 0.25) is 0 Å². The van der Waals surface area contributed by atoms with E-state index in [9.17, 15) is 19.3 Å². The molecule has 0 fully saturated rings. The maximum Gasteiger partial charge on any atom is 0.312 e. The topological polar surface area (TPSA) is 81.5 Å². The molecule has 0 radical (unpaired) electrons. The van der Waals surface area contributed by atoms with Crippen molar-refractivity contribution < 1.29 is 18.8 Å². The van der Waals surface area contributed by atoms with Crippen LogP contribution in [0.2, 0.25) is 5.02 Å². The number of hydrogen-bond acceptors (Lipinski definition) is 4. The van der Waals surface area contributed by atoms with Crippen LogP contribution in [-0.4, -0.2) is 16.9 Å². The van der Waals surface area contributed by atoms with Gasteiger partial charge in [-0.2, -0.15) is 0 Å². The number of carbonyl (C=O) groups is 1. The van der Waals surface area contributed by atoms with Gasteiger partial charge in [-0.05, 0) is 43.7 Å². The summed E-state index contributed by atoms with van der Waals surface area (Å²) < 4.78 is 18.3. The van der Waals surface area contributed by atoms with E-state index in [2.05, 4.69) is 5.32 Å². The summed E-state index contributed by atoms with van der Waals surface area (Å²) in [6.45, 7) is 3.22. The fraction of sp³-hybridized carbons (Fsp3) is 0.235. The highest BCUT2D eigenvalue weighted by atomic mass is 35.5. The third-order valence-corrected chi connectivity index (χ3v) is 3.75. The summed E-state index contributed by atoms with van der Waals surface area (Å²) in [5.74, 6) is -0.874. The number of halogens is 2. The molecule has 0 saturated heterocycles. The second kappa shape index (κ2) is 7.94. The van der Waals surface area contributed by atoms with Crippen molar-refractivity contribution >= 4 is 23.2 Å². The zero-order chi connectivity index (χ0) is 18.6. The first-order chi connectivity index (χ1) is 11.8. The van der Waals surface area contributed by atoms with Gasteiger partial charge in [-0.3, -0.25) is 14.9 Å². The van der Waals surface area contributed by atoms with E-state index < -0.39 is 16.9 Å². The normalized spacial score (nSPS) is 13.0. The van der Waals surface area contributed by atoms with Crippen molar-refractivity contribution in [2.75, 3.05) is 0 Å². The summed E-state index contributed by atoms with van der Waals surface area (Å²) in [7, 11) is 0. The van der Waals surface area contributed by atoms with Crippen LogP contribution in [-0.2, 0) is 4.79 Å². The predicted molar refractivity (Wildman–Crippen MR) is 91.2 cm³/mol. The summed E-state index contributed by atoms with van der Waals surface area (Å²) in [5.41, 5.74) is 0.401. The van der Waals surface area contributed by atoms with Gasteiger partial charge in [-0.1, -0.05) is 23.7 Å². The Labute approximate surface area is 148 Å². The Morgan fingerprint density at radius 1 is 1.24 bits per heavy atom. The molecule has 0 aromatic heterocycles. The largest absolute Gasteiger partial charge is 0.474 e. The SMILES string of the molecule is C[C@@H](Oc1ccc(Cl)cc1[N+](=O)[O-])C(=O)N[C@H](C)c1ccc(F)cc1. The Bertz CT molecular complexity index is 783. The first-order valence-corrected chi connectivity index (χ1v) is 7.82. The van der Waals surface area contributed by atoms with Gasteiger partial charge in [0.05, 0.1) is 11.0 Å². The van der Waals surface area contributed by atoms with Crippen LogP contribution in [0.4, 0.5) is 10.1 Å². The average Bonchev–Trinajstić information content (AvgIpc) is 2.56. The molecule has 8 heteroatoms. The quantitative estimate of drug-likeness (QED) is 0.618. The summed E-state index contributed by atoms with van der Waals surface area (Å²) in [6.07, 6.45) is -0.970. The summed E-state index contributed by atoms with van der Waals surface area (Å²) >= 11 is 5.74. The molecule has 0 aliphatic rings. The predicted octanol–water partition coefficient (Wildman–Crippen LogP) is 4.03. The molecule has 1 amide bonds. The van der Waals surface area contributed by atoms with Gasteiger partial charge >= 0.3 is 5.69 Å². The fourth-order valence-electron chi connectivity index (χ4n) is 2.14. The molecule has 0 spiro atoms. The van der Waals surface area contributed by atoms with E-state index in [1.54, 1.807) is 19.1 Å². The van der Waals surface area contributed by atoms with Crippen molar-refractivity contribution in [1.82, 2.24) is 5.32 Å². The van der Waals surface area contributed by atoms with Crippen molar-refractivity contribution in [3.05, 3.63) is 69.0 Å². The number of hydrogen-bond donors (Lipinski definition) is 1. The average molecular weight is 367 g/mol. The number of amides is 1. The van der Waals surface area contributed by atoms with Crippen LogP contribution in [0.25, 0.3) is 0 Å². The first-order valence-electron chi connectivity index (χ1n) is 7.44. The number of carbonyl (C=O) groups excluding carboxylic acids is 1. The smallest absolute Gasteiger partial charge is 0.312 e. The molecular formula is C17H16ClFN2O4. The summed E-state index contributed by atoms with van der Waals surface area (Å²) in [6, 6.07) is 9.29. The molecule has 0 aliphatic carbocycles. The van der Waals surface area contributed by atoms with Gasteiger partial charge < -0.3 is 10.1 Å². The van der Waals surface area contributed by atoms with Gasteiger partial charge in [0.1, 0.15) is 5.82 Å². The minimum absolute atomic E-state index is 0.0496. The standard InChI is InChI=1S/C17H16ClFN2O4/c1-10(12-3-6-14(19)7-4-12)20-17(22)11(2)25-16-8-5-13(18)9-15(16)21(23)24/h3-11H,1-2H3,(H,20,22)/t10-,11-/m1/s1. The molecule has 0 bridgehead atoms. The van der Waals surface area contributed by atoms with Gasteiger partial charge in [0.15, 0.2) is 11.9 Å². The van der Waals surface area contributed by atoms with E-state index in [0.717, 1.165) is 11.6 Å². The molecule has 1 N–H and O–H groups in total. The minimum Gasteiger partial charge on any atom is -0.474 e. The van der Waals surface area contributed by atoms with Crippen LogP contribution < -0.4 is 10.1 Å². The maximum atomic E-state index is 12.9. The van der Waals surface area contributed by atoms with E-state index in [1.807, 2.05) is 0 Å². The molecule has 25 heavy (non-hydrogen) atoms. The van der Waals surface area contributed by atoms with Gasteiger partial charge in [-0.15, -0.1) is 0 Å². The zero-order valence-electron chi connectivity index (χ0n) is 13.5. The lowest BCUT2D eigenvalue weighted by molar-refractivity contribution is -0.386. The molecule has 0 unspecified atom stereocenters. The molecule has 2 aromatic rings. The highest BCUT2D eigenvalue weighted by Crippen LogP contribution is 2.30. The van der Waals surface area contributed by atoms with Crippen LogP contribution in [0, 0.1) is 15.9 Å². The van der Waals surface area contributed by atoms with Crippen LogP contribution >= 0.6 is 11.6 Å². The monoisotopic (exact) mass is 366 g/mol. The molecule has 0 aliphatic heterocycles. The second-order valence-corrected chi connectivity index (χ2v) is 5.85. The van der Waals surface area contributed by atoms with Gasteiger partial charge in [0.25, 0.3) is 5.91 Å². The third-order valence-electron chi connectivity index (χ3n) is 3.52. The molecule has 6 nitrogen and oxygen atoms in total. The van der Waals surface area contributed by atoms with Crippen molar-refractivity contribution in [1.29, 1.82) is 0 Å². The number of nitro benzene ring substituents is 1. The van der Waals surface area contributed by atoms with Gasteiger partial charge in [0, 0.05) is 11.1 Å². The zero-order valence-corrected chi connectivity index (χ0v) is 14.3. The van der Waals surface area contributed by atoms with Crippen molar-refractivity contribution in [3.8, 4) is 5.75 Å². The van der Waals surface area contributed by atoms with Crippen LogP contribution in [0.3, 0.4) is 0 Å². The Kier molecular flexibility index (Phi) is 5.93. The van der Waals surface area contributed by atoms with Crippen molar-refractivity contribution in [2.24, 2.45) is 0 Å². The Balaban J connectivity index is 2.05. The minimum atomic E-state index is -0.970. The Hall–Kier alpha value is -2.67. The maximum absolute atomic E-state index is 12.9. The highest BCUT2D eigenvalue weighted by molar-refractivity contribution is 6.30. The van der Waals surface area contributed by atoms with Gasteiger partial charge in [-0.25, -0.2) is 4.39 Å². The molecule has 2 rings (SSSR count). The van der Waals surface area contributed by atoms with E-state index in [-0.39, 0.29) is 28.3 Å². The number of nitrogens with one attached hydrogen (secondary N) is 1. The van der Waals surface area contributed by atoms with E-state index >= 15 is 0 Å². The lowest BCUT2D eigenvalue weighted by atomic mass is 10.1. The summed E-state index contributed by atoms with van der Waals surface area (Å²) in [5, 5.41) is 14.0. The molecule has 132 valence electrons. The number of nitrogens with zero attached hydrogens (tertiary/aromatic N) is 1. The number of nitro groups is 1. The van der Waals surface area contributed by atoms with Crippen LogP contribution in [0.1, 0.15) is 25.5 Å². The highest BCUT2D eigenvalue weighted by Gasteiger charge is 2.22. The third kappa shape index (κ3) is 4.90. The van der Waals surface area contributed by atoms with E-state index in [1.165, 1.54) is 31.2 Å². The Morgan fingerprint density at radius 3 is 2.48 bits per heavy atom. The van der Waals surface area contributed by atoms with Crippen molar-refractivity contribution in [2.45, 2.75) is 26.0 Å². The van der Waals surface area contributed by atoms with E-state index in [4.69, 9.17) is 16.3 Å². The second-order valence-electron chi connectivity index (χ2n) is 5.41. The van der Waals surface area contributed by atoms with Crippen molar-refractivity contribution in [3.63, 3.8) is 0 Å². The summed E-state index contributed by atoms with van der Waals surface area (Å²) in [4.78, 5) is 22.7. The molecule has 2 atom stereocenters. The van der Waals surface area contributed by atoms with Crippen LogP contribution in [0.15, 0.2) is 42.5 Å². The molecule has 0 saturated carbocycles. The Morgan fingerprint density at radius 2 is 1.88 bits per heavy atom. The molecular weight excluding hydrogens is 351 g/mol. The molecule has 0 heterocycles. The van der Waals surface area contributed by atoms with E-state index in [0.29, 0.717) is 0 Å². The number of rotatable bonds is 6. The van der Waals surface area contributed by atoms with Crippen LogP contribution in [0.5, 0.6) is 5.75 Å².